The zero-order valence-electron chi connectivity index (χ0n) is 16.8. The van der Waals surface area contributed by atoms with Crippen LogP contribution in [0.3, 0.4) is 0 Å². The number of nitrogens with one attached hydrogen (secondary N) is 1. The van der Waals surface area contributed by atoms with Gasteiger partial charge in [0, 0.05) is 19.2 Å². The van der Waals surface area contributed by atoms with E-state index in [9.17, 15) is 13.7 Å². The molecule has 1 aliphatic heterocycles. The van der Waals surface area contributed by atoms with Crippen LogP contribution in [0.15, 0.2) is 50.1 Å². The van der Waals surface area contributed by atoms with Crippen molar-refractivity contribution in [2.45, 2.75) is 37.6 Å². The Morgan fingerprint density at radius 3 is 2.57 bits per heavy atom. The van der Waals surface area contributed by atoms with E-state index in [0.29, 0.717) is 13.1 Å². The van der Waals surface area contributed by atoms with Crippen LogP contribution in [0.4, 0.5) is 5.88 Å². The first-order valence-electron chi connectivity index (χ1n) is 9.73. The Hall–Kier alpha value is -3.09. The summed E-state index contributed by atoms with van der Waals surface area (Å²) in [7, 11) is -3.63. The van der Waals surface area contributed by atoms with Crippen LogP contribution in [0.5, 0.6) is 0 Å². The molecule has 9 heteroatoms. The number of hydrogen-bond donors (Lipinski definition) is 1. The second-order valence-electron chi connectivity index (χ2n) is 7.23. The average molecular weight is 426 g/mol. The van der Waals surface area contributed by atoms with Gasteiger partial charge in [0.2, 0.25) is 21.6 Å². The van der Waals surface area contributed by atoms with E-state index in [0.717, 1.165) is 18.4 Å². The van der Waals surface area contributed by atoms with Gasteiger partial charge in [-0.1, -0.05) is 30.3 Å². The molecule has 0 amide bonds. The summed E-state index contributed by atoms with van der Waals surface area (Å²) in [6.07, 6.45) is 1.70. The van der Waals surface area contributed by atoms with Crippen molar-refractivity contribution in [1.82, 2.24) is 9.29 Å². The highest BCUT2D eigenvalue weighted by Crippen LogP contribution is 2.33. The Kier molecular flexibility index (Phi) is 5.37. The van der Waals surface area contributed by atoms with Crippen molar-refractivity contribution in [2.24, 2.45) is 0 Å². The molecule has 0 unspecified atom stereocenters. The van der Waals surface area contributed by atoms with Crippen LogP contribution >= 0.6 is 0 Å². The lowest BCUT2D eigenvalue weighted by Gasteiger charge is -2.14. The molecule has 1 fully saturated rings. The highest BCUT2D eigenvalue weighted by Gasteiger charge is 2.32. The maximum atomic E-state index is 12.9. The minimum Gasteiger partial charge on any atom is -0.455 e. The minimum atomic E-state index is -3.63. The van der Waals surface area contributed by atoms with Gasteiger partial charge in [0.05, 0.1) is 6.04 Å². The molecule has 0 bridgehead atoms. The second-order valence-corrected chi connectivity index (χ2v) is 9.13. The summed E-state index contributed by atoms with van der Waals surface area (Å²) in [4.78, 5) is 4.29. The van der Waals surface area contributed by atoms with Crippen LogP contribution < -0.4 is 5.32 Å². The van der Waals surface area contributed by atoms with Crippen molar-refractivity contribution in [3.8, 4) is 17.7 Å². The van der Waals surface area contributed by atoms with Crippen molar-refractivity contribution >= 4 is 15.9 Å². The Balaban J connectivity index is 1.63. The molecule has 1 aromatic carbocycles. The van der Waals surface area contributed by atoms with Gasteiger partial charge >= 0.3 is 0 Å². The van der Waals surface area contributed by atoms with Crippen LogP contribution in [-0.2, 0) is 10.0 Å². The van der Waals surface area contributed by atoms with E-state index in [2.05, 4.69) is 10.3 Å². The van der Waals surface area contributed by atoms with E-state index in [1.54, 1.807) is 6.92 Å². The molecule has 156 valence electrons. The van der Waals surface area contributed by atoms with E-state index in [4.69, 9.17) is 8.83 Å². The molecule has 1 N–H and O–H groups in total. The van der Waals surface area contributed by atoms with E-state index < -0.39 is 10.0 Å². The summed E-state index contributed by atoms with van der Waals surface area (Å²) >= 11 is 0. The molecule has 2 aromatic heterocycles. The van der Waals surface area contributed by atoms with Crippen molar-refractivity contribution in [3.63, 3.8) is 0 Å². The molecule has 4 rings (SSSR count). The highest BCUT2D eigenvalue weighted by atomic mass is 32.2. The van der Waals surface area contributed by atoms with Crippen LogP contribution in [-0.4, -0.2) is 30.8 Å². The first-order valence-corrected chi connectivity index (χ1v) is 11.2. The number of aryl methyl sites for hydroxylation is 1. The summed E-state index contributed by atoms with van der Waals surface area (Å²) in [5, 5.41) is 12.6. The van der Waals surface area contributed by atoms with E-state index >= 15 is 0 Å². The molecule has 8 nitrogen and oxygen atoms in total. The number of rotatable bonds is 6. The molecule has 3 heterocycles. The maximum Gasteiger partial charge on any atom is 0.266 e. The maximum absolute atomic E-state index is 12.9. The fourth-order valence-corrected chi connectivity index (χ4v) is 5.19. The highest BCUT2D eigenvalue weighted by molar-refractivity contribution is 7.89. The predicted octanol–water partition coefficient (Wildman–Crippen LogP) is 4.07. The van der Waals surface area contributed by atoms with Gasteiger partial charge in [-0.25, -0.2) is 8.42 Å². The Morgan fingerprint density at radius 1 is 1.20 bits per heavy atom. The normalized spacial score (nSPS) is 15.8. The third kappa shape index (κ3) is 3.72. The lowest BCUT2D eigenvalue weighted by molar-refractivity contribution is 0.469. The summed E-state index contributed by atoms with van der Waals surface area (Å²) in [6, 6.07) is 13.0. The number of aromatic nitrogens is 1. The smallest absolute Gasteiger partial charge is 0.266 e. The summed E-state index contributed by atoms with van der Waals surface area (Å²) in [6.45, 7) is 4.55. The van der Waals surface area contributed by atoms with Gasteiger partial charge in [-0.2, -0.15) is 14.6 Å². The number of nitrogens with zero attached hydrogens (tertiary/aromatic N) is 3. The van der Waals surface area contributed by atoms with Crippen LogP contribution in [0, 0.1) is 18.3 Å². The van der Waals surface area contributed by atoms with Gasteiger partial charge in [0.1, 0.15) is 16.7 Å². The number of hydrogen-bond acceptors (Lipinski definition) is 7. The Bertz CT molecular complexity index is 1190. The molecular weight excluding hydrogens is 404 g/mol. The number of nitriles is 1. The standard InChI is InChI=1S/C21H22N4O4S/c1-14(16-8-4-3-5-9-16)23-20-17(13-22)24-21(29-20)18-12-19(15(2)28-18)30(26,27)25-10-6-7-11-25/h3-5,8-9,12,14,23H,6-7,10-11H2,1-2H3/t14-/m0/s1. The largest absolute Gasteiger partial charge is 0.455 e. The van der Waals surface area contributed by atoms with E-state index in [-0.39, 0.29) is 39.9 Å². The summed E-state index contributed by atoms with van der Waals surface area (Å²) in [5.41, 5.74) is 1.10. The molecule has 1 saturated heterocycles. The molecule has 0 spiro atoms. The Morgan fingerprint density at radius 2 is 1.90 bits per heavy atom. The van der Waals surface area contributed by atoms with Gasteiger partial charge in [0.25, 0.3) is 5.89 Å². The van der Waals surface area contributed by atoms with Crippen molar-refractivity contribution in [2.75, 3.05) is 18.4 Å². The monoisotopic (exact) mass is 426 g/mol. The van der Waals surface area contributed by atoms with Crippen LogP contribution in [0.25, 0.3) is 11.7 Å². The van der Waals surface area contributed by atoms with E-state index in [1.807, 2.05) is 43.3 Å². The Labute approximate surface area is 175 Å². The summed E-state index contributed by atoms with van der Waals surface area (Å²) < 4.78 is 38.6. The molecule has 0 saturated carbocycles. The van der Waals surface area contributed by atoms with E-state index in [1.165, 1.54) is 10.4 Å². The van der Waals surface area contributed by atoms with Crippen LogP contribution in [0.1, 0.15) is 42.8 Å². The zero-order valence-corrected chi connectivity index (χ0v) is 17.6. The SMILES string of the molecule is Cc1oc(-c2nc(C#N)c(N[C@@H](C)c3ccccc3)o2)cc1S(=O)(=O)N1CCCC1. The average Bonchev–Trinajstić information content (AvgIpc) is 3.48. The molecule has 0 aliphatic carbocycles. The number of anilines is 1. The number of sulfonamides is 1. The third-order valence-corrected chi connectivity index (χ3v) is 7.15. The lowest BCUT2D eigenvalue weighted by Crippen LogP contribution is -2.27. The number of benzene rings is 1. The third-order valence-electron chi connectivity index (χ3n) is 5.15. The quantitative estimate of drug-likeness (QED) is 0.632. The van der Waals surface area contributed by atoms with Crippen molar-refractivity contribution < 1.29 is 17.3 Å². The molecule has 1 atom stereocenters. The van der Waals surface area contributed by atoms with Crippen molar-refractivity contribution in [3.05, 3.63) is 53.4 Å². The fraction of sp³-hybridized carbons (Fsp3) is 0.333. The van der Waals surface area contributed by atoms with Crippen molar-refractivity contribution in [1.29, 1.82) is 5.26 Å². The molecule has 0 radical (unpaired) electrons. The van der Waals surface area contributed by atoms with Gasteiger partial charge in [0.15, 0.2) is 5.76 Å². The van der Waals surface area contributed by atoms with Gasteiger partial charge in [-0.15, -0.1) is 0 Å². The summed E-state index contributed by atoms with van der Waals surface area (Å²) in [5.74, 6) is 0.699. The predicted molar refractivity (Wildman–Crippen MR) is 110 cm³/mol. The first-order chi connectivity index (χ1) is 14.4. The molecular formula is C21H22N4O4S. The van der Waals surface area contributed by atoms with Gasteiger partial charge in [-0.3, -0.25) is 0 Å². The van der Waals surface area contributed by atoms with Gasteiger partial charge in [-0.05, 0) is 32.3 Å². The van der Waals surface area contributed by atoms with Crippen LogP contribution in [0.2, 0.25) is 0 Å². The first kappa shape index (κ1) is 20.2. The lowest BCUT2D eigenvalue weighted by atomic mass is 10.1. The zero-order chi connectivity index (χ0) is 21.3. The second kappa shape index (κ2) is 7.97. The topological polar surface area (TPSA) is 112 Å². The fourth-order valence-electron chi connectivity index (χ4n) is 3.52. The minimum absolute atomic E-state index is 0.0558. The number of oxazole rings is 1. The number of furan rings is 1. The molecule has 1 aliphatic rings. The molecule has 3 aromatic rings. The van der Waals surface area contributed by atoms with Gasteiger partial charge < -0.3 is 14.2 Å². The molecule has 30 heavy (non-hydrogen) atoms.